The van der Waals surface area contributed by atoms with Crippen molar-refractivity contribution in [2.24, 2.45) is 0 Å². The van der Waals surface area contributed by atoms with E-state index in [9.17, 15) is 9.90 Å². The first-order valence-corrected chi connectivity index (χ1v) is 8.13. The number of carbonyl (C=O) groups excluding carboxylic acids is 1. The van der Waals surface area contributed by atoms with Crippen LogP contribution in [-0.4, -0.2) is 35.2 Å². The van der Waals surface area contributed by atoms with Crippen molar-refractivity contribution in [1.82, 2.24) is 4.90 Å². The summed E-state index contributed by atoms with van der Waals surface area (Å²) < 4.78 is 5.83. The first-order chi connectivity index (χ1) is 11.6. The summed E-state index contributed by atoms with van der Waals surface area (Å²) in [7, 11) is 0. The topological polar surface area (TPSA) is 61.8 Å². The second-order valence-electron chi connectivity index (χ2n) is 6.06. The molecule has 1 fully saturated rings. The van der Waals surface area contributed by atoms with Crippen molar-refractivity contribution >= 4 is 11.7 Å². The Bertz CT molecular complexity index is 717. The summed E-state index contributed by atoms with van der Waals surface area (Å²) in [4.78, 5) is 13.8. The van der Waals surface area contributed by atoms with Crippen LogP contribution < -0.4 is 10.1 Å². The fourth-order valence-electron chi connectivity index (χ4n) is 2.73. The van der Waals surface area contributed by atoms with Crippen molar-refractivity contribution in [2.45, 2.75) is 26.1 Å². The van der Waals surface area contributed by atoms with E-state index in [2.05, 4.69) is 18.3 Å². The number of amides is 2. The molecule has 126 valence electrons. The number of anilines is 1. The van der Waals surface area contributed by atoms with Gasteiger partial charge in [-0.05, 0) is 36.6 Å². The number of carbonyl (C=O) groups is 1. The van der Waals surface area contributed by atoms with Crippen LogP contribution in [0.3, 0.4) is 0 Å². The molecule has 0 radical (unpaired) electrons. The molecule has 2 aromatic carbocycles. The van der Waals surface area contributed by atoms with E-state index in [0.29, 0.717) is 37.6 Å². The Morgan fingerprint density at radius 2 is 2.12 bits per heavy atom. The van der Waals surface area contributed by atoms with E-state index < -0.39 is 6.10 Å². The van der Waals surface area contributed by atoms with E-state index in [4.69, 9.17) is 4.74 Å². The van der Waals surface area contributed by atoms with Gasteiger partial charge in [0.1, 0.15) is 12.4 Å². The molecule has 2 aromatic rings. The van der Waals surface area contributed by atoms with Crippen molar-refractivity contribution in [3.63, 3.8) is 0 Å². The Balaban J connectivity index is 1.60. The minimum absolute atomic E-state index is 0.192. The molecule has 24 heavy (non-hydrogen) atoms. The first-order valence-electron chi connectivity index (χ1n) is 8.13. The summed E-state index contributed by atoms with van der Waals surface area (Å²) >= 11 is 0. The van der Waals surface area contributed by atoms with E-state index in [0.717, 1.165) is 5.56 Å². The van der Waals surface area contributed by atoms with E-state index in [1.165, 1.54) is 5.56 Å². The predicted octanol–water partition coefficient (Wildman–Crippen LogP) is 3.17. The second kappa shape index (κ2) is 7.36. The predicted molar refractivity (Wildman–Crippen MR) is 93.2 cm³/mol. The molecule has 5 nitrogen and oxygen atoms in total. The van der Waals surface area contributed by atoms with Gasteiger partial charge in [0.15, 0.2) is 0 Å². The van der Waals surface area contributed by atoms with Crippen LogP contribution in [0.4, 0.5) is 10.5 Å². The molecule has 1 unspecified atom stereocenters. The Morgan fingerprint density at radius 1 is 1.29 bits per heavy atom. The lowest BCUT2D eigenvalue weighted by molar-refractivity contribution is 0.176. The summed E-state index contributed by atoms with van der Waals surface area (Å²) in [5.41, 5.74) is 3.01. The number of likely N-dealkylation sites (tertiary alicyclic amines) is 1. The van der Waals surface area contributed by atoms with Gasteiger partial charge in [0.2, 0.25) is 0 Å². The highest BCUT2D eigenvalue weighted by atomic mass is 16.5. The van der Waals surface area contributed by atoms with Crippen LogP contribution in [0, 0.1) is 6.92 Å². The average molecular weight is 326 g/mol. The van der Waals surface area contributed by atoms with Gasteiger partial charge in [-0.15, -0.1) is 0 Å². The van der Waals surface area contributed by atoms with Gasteiger partial charge >= 0.3 is 6.03 Å². The number of nitrogens with zero attached hydrogens (tertiary/aromatic N) is 1. The summed E-state index contributed by atoms with van der Waals surface area (Å²) in [6.07, 6.45) is 0.215. The minimum atomic E-state index is -0.417. The van der Waals surface area contributed by atoms with E-state index in [1.807, 2.05) is 42.5 Å². The molecule has 0 bridgehead atoms. The van der Waals surface area contributed by atoms with Gasteiger partial charge in [0, 0.05) is 24.8 Å². The van der Waals surface area contributed by atoms with E-state index in [-0.39, 0.29) is 6.03 Å². The third-order valence-corrected chi connectivity index (χ3v) is 4.19. The van der Waals surface area contributed by atoms with Gasteiger partial charge in [0.25, 0.3) is 0 Å². The molecule has 0 aromatic heterocycles. The molecule has 2 N–H and O–H groups in total. The van der Waals surface area contributed by atoms with Crippen LogP contribution in [0.5, 0.6) is 5.75 Å². The van der Waals surface area contributed by atoms with Crippen molar-refractivity contribution in [1.29, 1.82) is 0 Å². The first kappa shape index (κ1) is 16.3. The molecule has 1 aliphatic rings. The van der Waals surface area contributed by atoms with Gasteiger partial charge in [-0.1, -0.05) is 30.3 Å². The van der Waals surface area contributed by atoms with Crippen LogP contribution in [0.2, 0.25) is 0 Å². The number of aliphatic hydroxyl groups is 1. The van der Waals surface area contributed by atoms with Gasteiger partial charge < -0.3 is 20.1 Å². The quantitative estimate of drug-likeness (QED) is 0.907. The zero-order valence-electron chi connectivity index (χ0n) is 13.7. The Hall–Kier alpha value is -2.53. The molecule has 1 atom stereocenters. The van der Waals surface area contributed by atoms with Gasteiger partial charge in [-0.3, -0.25) is 0 Å². The summed E-state index contributed by atoms with van der Waals surface area (Å²) in [5, 5.41) is 12.4. The van der Waals surface area contributed by atoms with Crippen LogP contribution >= 0.6 is 0 Å². The third kappa shape index (κ3) is 4.06. The maximum Gasteiger partial charge on any atom is 0.321 e. The minimum Gasteiger partial charge on any atom is -0.489 e. The highest BCUT2D eigenvalue weighted by molar-refractivity contribution is 5.89. The molecular weight excluding hydrogens is 304 g/mol. The number of urea groups is 1. The molecule has 0 spiro atoms. The summed E-state index contributed by atoms with van der Waals surface area (Å²) in [6, 6.07) is 15.3. The molecule has 2 amide bonds. The van der Waals surface area contributed by atoms with Gasteiger partial charge in [-0.2, -0.15) is 0 Å². The molecule has 3 rings (SSSR count). The standard InChI is InChI=1S/C19H22N2O3/c1-14-5-2-3-6-15(14)13-24-18-8-4-7-16(11-18)20-19(23)21-10-9-17(22)12-21/h2-8,11,17,22H,9-10,12-13H2,1H3,(H,20,23). The number of rotatable bonds is 4. The lowest BCUT2D eigenvalue weighted by Gasteiger charge is -2.17. The highest BCUT2D eigenvalue weighted by Crippen LogP contribution is 2.20. The highest BCUT2D eigenvalue weighted by Gasteiger charge is 2.24. The lowest BCUT2D eigenvalue weighted by atomic mass is 10.1. The van der Waals surface area contributed by atoms with Crippen molar-refractivity contribution in [3.05, 3.63) is 59.7 Å². The maximum absolute atomic E-state index is 12.2. The van der Waals surface area contributed by atoms with Crippen LogP contribution in [0.15, 0.2) is 48.5 Å². The zero-order chi connectivity index (χ0) is 16.9. The number of β-amino-alcohol motifs (C(OH)–C–C–N with tert-alkyl or cyclic N) is 1. The zero-order valence-corrected chi connectivity index (χ0v) is 13.7. The summed E-state index contributed by atoms with van der Waals surface area (Å²) in [5.74, 6) is 0.706. The fraction of sp³-hybridized carbons (Fsp3) is 0.316. The van der Waals surface area contributed by atoms with Crippen molar-refractivity contribution in [2.75, 3.05) is 18.4 Å². The normalized spacial score (nSPS) is 16.9. The summed E-state index contributed by atoms with van der Waals surface area (Å²) in [6.45, 7) is 3.51. The van der Waals surface area contributed by atoms with Crippen molar-refractivity contribution < 1.29 is 14.6 Å². The molecule has 0 aliphatic carbocycles. The number of aliphatic hydroxyl groups excluding tert-OH is 1. The van der Waals surface area contributed by atoms with Crippen LogP contribution in [0.1, 0.15) is 17.5 Å². The molecule has 1 heterocycles. The Kier molecular flexibility index (Phi) is 5.01. The number of nitrogens with one attached hydrogen (secondary N) is 1. The Morgan fingerprint density at radius 3 is 2.88 bits per heavy atom. The van der Waals surface area contributed by atoms with Crippen molar-refractivity contribution in [3.8, 4) is 5.75 Å². The molecule has 1 saturated heterocycles. The van der Waals surface area contributed by atoms with Gasteiger partial charge in [0.05, 0.1) is 6.10 Å². The number of hydrogen-bond acceptors (Lipinski definition) is 3. The van der Waals surface area contributed by atoms with E-state index in [1.54, 1.807) is 4.90 Å². The number of ether oxygens (including phenoxy) is 1. The largest absolute Gasteiger partial charge is 0.489 e. The number of hydrogen-bond donors (Lipinski definition) is 2. The van der Waals surface area contributed by atoms with Gasteiger partial charge in [-0.25, -0.2) is 4.79 Å². The third-order valence-electron chi connectivity index (χ3n) is 4.19. The number of benzene rings is 2. The van der Waals surface area contributed by atoms with E-state index >= 15 is 0 Å². The fourth-order valence-corrected chi connectivity index (χ4v) is 2.73. The molecule has 5 heteroatoms. The smallest absolute Gasteiger partial charge is 0.321 e. The van der Waals surface area contributed by atoms with Crippen LogP contribution in [-0.2, 0) is 6.61 Å². The SMILES string of the molecule is Cc1ccccc1COc1cccc(NC(=O)N2CCC(O)C2)c1. The maximum atomic E-state index is 12.2. The molecule has 0 saturated carbocycles. The molecular formula is C19H22N2O3. The number of aryl methyl sites for hydroxylation is 1. The van der Waals surface area contributed by atoms with Crippen LogP contribution in [0.25, 0.3) is 0 Å². The lowest BCUT2D eigenvalue weighted by Crippen LogP contribution is -2.33. The Labute approximate surface area is 141 Å². The molecule has 1 aliphatic heterocycles. The monoisotopic (exact) mass is 326 g/mol. The average Bonchev–Trinajstić information content (AvgIpc) is 3.01. The second-order valence-corrected chi connectivity index (χ2v) is 6.06.